The van der Waals surface area contributed by atoms with Gasteiger partial charge >= 0.3 is 0 Å². The largest absolute Gasteiger partial charge is 0.325 e. The molecule has 0 saturated heterocycles. The number of aryl methyl sites for hydroxylation is 2. The zero-order valence-corrected chi connectivity index (χ0v) is 14.5. The zero-order chi connectivity index (χ0) is 17.8. The van der Waals surface area contributed by atoms with E-state index < -0.39 is 0 Å². The van der Waals surface area contributed by atoms with Crippen molar-refractivity contribution in [3.63, 3.8) is 0 Å². The Hall–Kier alpha value is -2.74. The highest BCUT2D eigenvalue weighted by Gasteiger charge is 2.12. The number of nitrogens with one attached hydrogen (secondary N) is 1. The number of carbonyl (C=O) groups excluding carboxylic acids is 1. The minimum atomic E-state index is -0.347. The van der Waals surface area contributed by atoms with Crippen molar-refractivity contribution in [3.05, 3.63) is 59.4 Å². The number of nitrogens with zero attached hydrogens (tertiary/aromatic N) is 4. The summed E-state index contributed by atoms with van der Waals surface area (Å²) >= 11 is 1.23. The smallest absolute Gasteiger partial charge is 0.234 e. The molecule has 8 heteroatoms. The number of amides is 1. The Bertz CT molecular complexity index is 894. The van der Waals surface area contributed by atoms with E-state index >= 15 is 0 Å². The number of carbonyl (C=O) groups is 1. The Kier molecular flexibility index (Phi) is 5.08. The SMILES string of the molecule is Cc1ccc(-n2nnnc2SCC(=O)Nc2ccc(F)cc2)cc1C. The average molecular weight is 357 g/mol. The van der Waals surface area contributed by atoms with E-state index in [1.807, 2.05) is 32.0 Å². The van der Waals surface area contributed by atoms with Crippen molar-refractivity contribution in [2.45, 2.75) is 19.0 Å². The van der Waals surface area contributed by atoms with Gasteiger partial charge in [0.1, 0.15) is 5.82 Å². The summed E-state index contributed by atoms with van der Waals surface area (Å²) in [6, 6.07) is 11.5. The molecule has 0 radical (unpaired) electrons. The average Bonchev–Trinajstić information content (AvgIpc) is 3.06. The van der Waals surface area contributed by atoms with Gasteiger partial charge in [0.05, 0.1) is 11.4 Å². The lowest BCUT2D eigenvalue weighted by Gasteiger charge is -2.07. The van der Waals surface area contributed by atoms with Crippen molar-refractivity contribution in [1.29, 1.82) is 0 Å². The number of anilines is 1. The lowest BCUT2D eigenvalue weighted by atomic mass is 10.1. The first kappa shape index (κ1) is 17.1. The molecule has 25 heavy (non-hydrogen) atoms. The fourth-order valence-electron chi connectivity index (χ4n) is 2.15. The molecule has 0 unspecified atom stereocenters. The van der Waals surface area contributed by atoms with Crippen LogP contribution in [0, 0.1) is 19.7 Å². The number of hydrogen-bond donors (Lipinski definition) is 1. The van der Waals surface area contributed by atoms with Crippen molar-refractivity contribution in [3.8, 4) is 5.69 Å². The molecule has 1 amide bonds. The van der Waals surface area contributed by atoms with Gasteiger partial charge in [-0.3, -0.25) is 4.79 Å². The quantitative estimate of drug-likeness (QED) is 0.710. The summed E-state index contributed by atoms with van der Waals surface area (Å²) in [5.74, 6) is -0.422. The molecule has 1 N–H and O–H groups in total. The molecule has 3 rings (SSSR count). The summed E-state index contributed by atoms with van der Waals surface area (Å²) in [4.78, 5) is 12.0. The fraction of sp³-hybridized carbons (Fsp3) is 0.176. The first-order valence-electron chi connectivity index (χ1n) is 7.57. The maximum absolute atomic E-state index is 12.9. The van der Waals surface area contributed by atoms with Crippen LogP contribution in [0.1, 0.15) is 11.1 Å². The molecule has 0 saturated carbocycles. The van der Waals surface area contributed by atoms with Crippen LogP contribution in [0.2, 0.25) is 0 Å². The summed E-state index contributed by atoms with van der Waals surface area (Å²) in [5, 5.41) is 14.9. The van der Waals surface area contributed by atoms with E-state index in [0.717, 1.165) is 11.3 Å². The molecule has 0 fully saturated rings. The number of benzene rings is 2. The van der Waals surface area contributed by atoms with Gasteiger partial charge in [0.25, 0.3) is 0 Å². The zero-order valence-electron chi connectivity index (χ0n) is 13.7. The summed E-state index contributed by atoms with van der Waals surface area (Å²) in [6.07, 6.45) is 0. The van der Waals surface area contributed by atoms with Crippen LogP contribution in [0.15, 0.2) is 47.6 Å². The van der Waals surface area contributed by atoms with Crippen LogP contribution >= 0.6 is 11.8 Å². The molecule has 128 valence electrons. The minimum absolute atomic E-state index is 0.141. The molecule has 0 bridgehead atoms. The van der Waals surface area contributed by atoms with Crippen molar-refractivity contribution >= 4 is 23.4 Å². The van der Waals surface area contributed by atoms with E-state index in [2.05, 4.69) is 20.8 Å². The summed E-state index contributed by atoms with van der Waals surface area (Å²) in [7, 11) is 0. The van der Waals surface area contributed by atoms with Crippen LogP contribution in [0.25, 0.3) is 5.69 Å². The van der Waals surface area contributed by atoms with Gasteiger partial charge in [0.2, 0.25) is 11.1 Å². The van der Waals surface area contributed by atoms with Crippen LogP contribution in [-0.2, 0) is 4.79 Å². The maximum Gasteiger partial charge on any atom is 0.234 e. The minimum Gasteiger partial charge on any atom is -0.325 e. The standard InChI is InChI=1S/C17H16FN5OS/c1-11-3-8-15(9-12(11)2)23-17(20-21-22-23)25-10-16(24)19-14-6-4-13(18)5-7-14/h3-9H,10H2,1-2H3,(H,19,24). The second-order valence-electron chi connectivity index (χ2n) is 5.49. The van der Waals surface area contributed by atoms with E-state index in [1.165, 1.54) is 41.6 Å². The van der Waals surface area contributed by atoms with Gasteiger partial charge in [-0.2, -0.15) is 4.68 Å². The van der Waals surface area contributed by atoms with E-state index in [-0.39, 0.29) is 17.5 Å². The third-order valence-electron chi connectivity index (χ3n) is 3.64. The molecule has 0 aliphatic heterocycles. The van der Waals surface area contributed by atoms with E-state index in [4.69, 9.17) is 0 Å². The first-order valence-corrected chi connectivity index (χ1v) is 8.56. The number of halogens is 1. The van der Waals surface area contributed by atoms with E-state index in [1.54, 1.807) is 4.68 Å². The van der Waals surface area contributed by atoms with E-state index in [9.17, 15) is 9.18 Å². The first-order chi connectivity index (χ1) is 12.0. The van der Waals surface area contributed by atoms with Gasteiger partial charge in [-0.1, -0.05) is 17.8 Å². The van der Waals surface area contributed by atoms with Gasteiger partial charge in [-0.15, -0.1) is 5.10 Å². The summed E-state index contributed by atoms with van der Waals surface area (Å²) in [5.41, 5.74) is 3.71. The molecule has 3 aromatic rings. The number of aromatic nitrogens is 4. The van der Waals surface area contributed by atoms with Gasteiger partial charge in [0, 0.05) is 5.69 Å². The molecular formula is C17H16FN5OS. The third-order valence-corrected chi connectivity index (χ3v) is 4.56. The lowest BCUT2D eigenvalue weighted by Crippen LogP contribution is -2.14. The molecule has 1 aromatic heterocycles. The third kappa shape index (κ3) is 4.21. The topological polar surface area (TPSA) is 72.7 Å². The Labute approximate surface area is 148 Å². The van der Waals surface area contributed by atoms with Crippen molar-refractivity contribution in [2.24, 2.45) is 0 Å². The van der Waals surface area contributed by atoms with Crippen LogP contribution in [0.3, 0.4) is 0 Å². The highest BCUT2D eigenvalue weighted by molar-refractivity contribution is 7.99. The van der Waals surface area contributed by atoms with Gasteiger partial charge in [0.15, 0.2) is 0 Å². The van der Waals surface area contributed by atoms with Gasteiger partial charge in [-0.25, -0.2) is 4.39 Å². The number of tetrazole rings is 1. The maximum atomic E-state index is 12.9. The van der Waals surface area contributed by atoms with Gasteiger partial charge < -0.3 is 5.32 Å². The predicted molar refractivity (Wildman–Crippen MR) is 94.4 cm³/mol. The van der Waals surface area contributed by atoms with Crippen molar-refractivity contribution < 1.29 is 9.18 Å². The van der Waals surface area contributed by atoms with Gasteiger partial charge in [-0.05, 0) is 71.8 Å². The molecule has 6 nitrogen and oxygen atoms in total. The van der Waals surface area contributed by atoms with Crippen LogP contribution in [0.5, 0.6) is 0 Å². The Morgan fingerprint density at radius 1 is 1.16 bits per heavy atom. The Morgan fingerprint density at radius 3 is 2.64 bits per heavy atom. The second-order valence-corrected chi connectivity index (χ2v) is 6.43. The molecular weight excluding hydrogens is 341 g/mol. The van der Waals surface area contributed by atoms with Crippen LogP contribution in [0.4, 0.5) is 10.1 Å². The number of hydrogen-bond acceptors (Lipinski definition) is 5. The van der Waals surface area contributed by atoms with Crippen LogP contribution < -0.4 is 5.32 Å². The van der Waals surface area contributed by atoms with Crippen molar-refractivity contribution in [1.82, 2.24) is 20.2 Å². The number of rotatable bonds is 5. The van der Waals surface area contributed by atoms with Crippen LogP contribution in [-0.4, -0.2) is 31.9 Å². The summed E-state index contributed by atoms with van der Waals surface area (Å²) in [6.45, 7) is 4.06. The van der Waals surface area contributed by atoms with E-state index in [0.29, 0.717) is 10.8 Å². The molecule has 0 aliphatic carbocycles. The van der Waals surface area contributed by atoms with Crippen molar-refractivity contribution in [2.75, 3.05) is 11.1 Å². The Morgan fingerprint density at radius 2 is 1.92 bits per heavy atom. The highest BCUT2D eigenvalue weighted by atomic mass is 32.2. The second kappa shape index (κ2) is 7.43. The molecule has 1 heterocycles. The molecule has 0 spiro atoms. The molecule has 0 atom stereocenters. The molecule has 0 aliphatic rings. The predicted octanol–water partition coefficient (Wildman–Crippen LogP) is 3.15. The fourth-order valence-corrected chi connectivity index (χ4v) is 2.84. The summed E-state index contributed by atoms with van der Waals surface area (Å²) < 4.78 is 14.5. The monoisotopic (exact) mass is 357 g/mol. The normalized spacial score (nSPS) is 10.7. The highest BCUT2D eigenvalue weighted by Crippen LogP contribution is 2.20. The number of thioether (sulfide) groups is 1. The lowest BCUT2D eigenvalue weighted by molar-refractivity contribution is -0.113. The Balaban J connectivity index is 1.66. The molecule has 2 aromatic carbocycles.